The molecule has 0 atom stereocenters. The molecule has 0 fully saturated rings. The number of nitrogens with one attached hydrogen (secondary N) is 1. The summed E-state index contributed by atoms with van der Waals surface area (Å²) in [5.41, 5.74) is 3.54. The molecule has 2 aromatic carbocycles. The molecule has 0 saturated carbocycles. The Hall–Kier alpha value is -2.77. The van der Waals surface area contributed by atoms with Gasteiger partial charge in [-0.3, -0.25) is 14.2 Å². The largest absolute Gasteiger partial charge is 0.325 e. The van der Waals surface area contributed by atoms with Crippen molar-refractivity contribution in [1.29, 1.82) is 0 Å². The van der Waals surface area contributed by atoms with Crippen molar-refractivity contribution in [1.82, 2.24) is 9.55 Å². The van der Waals surface area contributed by atoms with Crippen molar-refractivity contribution in [2.75, 3.05) is 5.32 Å². The van der Waals surface area contributed by atoms with Crippen molar-refractivity contribution in [2.45, 2.75) is 19.9 Å². The number of thiophene rings is 1. The van der Waals surface area contributed by atoms with Gasteiger partial charge in [-0.05, 0) is 41.8 Å². The van der Waals surface area contributed by atoms with E-state index in [1.807, 2.05) is 29.6 Å². The molecule has 0 radical (unpaired) electrons. The van der Waals surface area contributed by atoms with E-state index in [-0.39, 0.29) is 18.0 Å². The summed E-state index contributed by atoms with van der Waals surface area (Å²) in [6, 6.07) is 15.5. The molecule has 0 aliphatic rings. The summed E-state index contributed by atoms with van der Waals surface area (Å²) in [6.45, 7) is 2.01. The fourth-order valence-electron chi connectivity index (χ4n) is 3.10. The van der Waals surface area contributed by atoms with Gasteiger partial charge in [0.2, 0.25) is 5.91 Å². The number of aryl methyl sites for hydroxylation is 1. The maximum absolute atomic E-state index is 13.1. The van der Waals surface area contributed by atoms with Crippen LogP contribution in [0.25, 0.3) is 21.3 Å². The average Bonchev–Trinajstić information content (AvgIpc) is 3.17. The Morgan fingerprint density at radius 2 is 1.86 bits per heavy atom. The van der Waals surface area contributed by atoms with Crippen LogP contribution >= 0.6 is 27.3 Å². The van der Waals surface area contributed by atoms with Crippen LogP contribution in [0.5, 0.6) is 0 Å². The number of carbonyl (C=O) groups is 1. The molecule has 2 aromatic heterocycles. The van der Waals surface area contributed by atoms with Gasteiger partial charge >= 0.3 is 0 Å². The van der Waals surface area contributed by atoms with Crippen molar-refractivity contribution in [2.24, 2.45) is 0 Å². The third-order valence-corrected chi connectivity index (χ3v) is 6.09. The van der Waals surface area contributed by atoms with E-state index in [1.54, 1.807) is 12.1 Å². The topological polar surface area (TPSA) is 64.0 Å². The number of carbonyl (C=O) groups excluding carboxylic acids is 1. The molecule has 1 N–H and O–H groups in total. The van der Waals surface area contributed by atoms with Crippen LogP contribution in [0.4, 0.5) is 5.69 Å². The number of nitrogens with zero attached hydrogens (tertiary/aromatic N) is 2. The minimum atomic E-state index is -0.278. The zero-order chi connectivity index (χ0) is 20.4. The molecule has 29 heavy (non-hydrogen) atoms. The van der Waals surface area contributed by atoms with Crippen LogP contribution in [-0.2, 0) is 17.8 Å². The van der Waals surface area contributed by atoms with E-state index in [9.17, 15) is 9.59 Å². The second kappa shape index (κ2) is 8.31. The summed E-state index contributed by atoms with van der Waals surface area (Å²) in [4.78, 5) is 30.6. The first kappa shape index (κ1) is 19.5. The van der Waals surface area contributed by atoms with Gasteiger partial charge in [0.15, 0.2) is 0 Å². The second-order valence-corrected chi connectivity index (χ2v) is 8.39. The smallest absolute Gasteiger partial charge is 0.263 e. The minimum absolute atomic E-state index is 0.0953. The van der Waals surface area contributed by atoms with Crippen molar-refractivity contribution >= 4 is 49.1 Å². The lowest BCUT2D eigenvalue weighted by molar-refractivity contribution is -0.116. The first-order valence-corrected chi connectivity index (χ1v) is 10.8. The van der Waals surface area contributed by atoms with Crippen LogP contribution in [0.1, 0.15) is 12.5 Å². The quantitative estimate of drug-likeness (QED) is 0.444. The lowest BCUT2D eigenvalue weighted by atomic mass is 10.0. The monoisotopic (exact) mass is 467 g/mol. The highest BCUT2D eigenvalue weighted by atomic mass is 79.9. The summed E-state index contributed by atoms with van der Waals surface area (Å²) in [5, 5.41) is 5.31. The van der Waals surface area contributed by atoms with E-state index in [2.05, 4.69) is 45.3 Å². The Bertz CT molecular complexity index is 1230. The Morgan fingerprint density at radius 3 is 2.55 bits per heavy atom. The van der Waals surface area contributed by atoms with Crippen LogP contribution in [-0.4, -0.2) is 15.5 Å². The summed E-state index contributed by atoms with van der Waals surface area (Å²) >= 11 is 4.80. The molecule has 0 aliphatic heterocycles. The fourth-order valence-corrected chi connectivity index (χ4v) is 4.27. The first-order chi connectivity index (χ1) is 14.0. The van der Waals surface area contributed by atoms with E-state index < -0.39 is 0 Å². The number of amides is 1. The maximum atomic E-state index is 13.1. The minimum Gasteiger partial charge on any atom is -0.325 e. The fraction of sp³-hybridized carbons (Fsp3) is 0.136. The molecule has 0 bridgehead atoms. The zero-order valence-electron chi connectivity index (χ0n) is 15.7. The van der Waals surface area contributed by atoms with E-state index in [0.717, 1.165) is 22.0 Å². The molecule has 1 amide bonds. The molecular weight excluding hydrogens is 450 g/mol. The van der Waals surface area contributed by atoms with Crippen molar-refractivity contribution in [3.63, 3.8) is 0 Å². The maximum Gasteiger partial charge on any atom is 0.263 e. The number of rotatable bonds is 5. The van der Waals surface area contributed by atoms with Gasteiger partial charge < -0.3 is 5.32 Å². The Kier molecular flexibility index (Phi) is 5.60. The molecule has 0 saturated heterocycles. The predicted molar refractivity (Wildman–Crippen MR) is 121 cm³/mol. The van der Waals surface area contributed by atoms with E-state index >= 15 is 0 Å². The van der Waals surface area contributed by atoms with Crippen molar-refractivity contribution < 1.29 is 4.79 Å². The van der Waals surface area contributed by atoms with Crippen LogP contribution in [0.15, 0.2) is 69.5 Å². The highest BCUT2D eigenvalue weighted by Gasteiger charge is 2.15. The summed E-state index contributed by atoms with van der Waals surface area (Å²) in [6.07, 6.45) is 2.40. The summed E-state index contributed by atoms with van der Waals surface area (Å²) < 4.78 is 2.28. The number of anilines is 1. The molecule has 7 heteroatoms. The number of benzene rings is 2. The van der Waals surface area contributed by atoms with Gasteiger partial charge in [0, 0.05) is 21.1 Å². The number of aromatic nitrogens is 2. The number of hydrogen-bond acceptors (Lipinski definition) is 4. The SMILES string of the molecule is CCc1ccc(-c2csc3ncn(CC(=O)Nc4ccc(Br)cc4)c(=O)c23)cc1. The lowest BCUT2D eigenvalue weighted by Gasteiger charge is -2.08. The lowest BCUT2D eigenvalue weighted by Crippen LogP contribution is -2.27. The van der Waals surface area contributed by atoms with Gasteiger partial charge in [-0.2, -0.15) is 0 Å². The molecule has 0 spiro atoms. The van der Waals surface area contributed by atoms with Crippen molar-refractivity contribution in [3.05, 3.63) is 80.6 Å². The third kappa shape index (κ3) is 4.16. The summed E-state index contributed by atoms with van der Waals surface area (Å²) in [5.74, 6) is -0.278. The van der Waals surface area contributed by atoms with Gasteiger partial charge in [-0.15, -0.1) is 11.3 Å². The Balaban J connectivity index is 1.63. The predicted octanol–water partition coefficient (Wildman–Crippen LogP) is 5.09. The Labute approximate surface area is 180 Å². The number of halogens is 1. The van der Waals surface area contributed by atoms with Crippen LogP contribution in [0.3, 0.4) is 0 Å². The third-order valence-electron chi connectivity index (χ3n) is 4.68. The van der Waals surface area contributed by atoms with Gasteiger partial charge in [0.1, 0.15) is 11.4 Å². The molecule has 0 unspecified atom stereocenters. The van der Waals surface area contributed by atoms with Gasteiger partial charge in [0.05, 0.1) is 11.7 Å². The molecule has 4 aromatic rings. The van der Waals surface area contributed by atoms with Crippen LogP contribution in [0, 0.1) is 0 Å². The van der Waals surface area contributed by atoms with Crippen LogP contribution < -0.4 is 10.9 Å². The molecular formula is C22H18BrN3O2S. The molecule has 5 nitrogen and oxygen atoms in total. The highest BCUT2D eigenvalue weighted by Crippen LogP contribution is 2.30. The molecule has 4 rings (SSSR count). The zero-order valence-corrected chi connectivity index (χ0v) is 18.1. The normalized spacial score (nSPS) is 11.0. The van der Waals surface area contributed by atoms with E-state index in [4.69, 9.17) is 0 Å². The van der Waals surface area contributed by atoms with Gasteiger partial charge in [0.25, 0.3) is 5.56 Å². The average molecular weight is 468 g/mol. The molecule has 2 heterocycles. The number of hydrogen-bond donors (Lipinski definition) is 1. The second-order valence-electron chi connectivity index (χ2n) is 6.61. The summed E-state index contributed by atoms with van der Waals surface area (Å²) in [7, 11) is 0. The van der Waals surface area contributed by atoms with E-state index in [1.165, 1.54) is 27.8 Å². The number of fused-ring (bicyclic) bond motifs is 1. The first-order valence-electron chi connectivity index (χ1n) is 9.16. The van der Waals surface area contributed by atoms with Gasteiger partial charge in [-0.1, -0.05) is 47.1 Å². The van der Waals surface area contributed by atoms with Crippen molar-refractivity contribution in [3.8, 4) is 11.1 Å². The highest BCUT2D eigenvalue weighted by molar-refractivity contribution is 9.10. The van der Waals surface area contributed by atoms with E-state index in [0.29, 0.717) is 15.9 Å². The molecule has 0 aliphatic carbocycles. The van der Waals surface area contributed by atoms with Gasteiger partial charge in [-0.25, -0.2) is 4.98 Å². The molecule has 146 valence electrons. The standard InChI is InChI=1S/C22H18BrN3O2S/c1-2-14-3-5-15(6-4-14)18-12-29-21-20(18)22(28)26(13-24-21)11-19(27)25-17-9-7-16(23)8-10-17/h3-10,12-13H,2,11H2,1H3,(H,25,27). The van der Waals surface area contributed by atoms with Crippen LogP contribution in [0.2, 0.25) is 0 Å². The Morgan fingerprint density at radius 1 is 1.14 bits per heavy atom.